The Morgan fingerprint density at radius 2 is 1.93 bits per heavy atom. The Hall–Kier alpha value is -1.19. The number of rotatable bonds is 2. The molecule has 78 valence electrons. The van der Waals surface area contributed by atoms with Crippen LogP contribution in [0.1, 0.15) is 5.56 Å². The van der Waals surface area contributed by atoms with E-state index in [1.807, 2.05) is 13.0 Å². The van der Waals surface area contributed by atoms with Crippen molar-refractivity contribution < 1.29 is 13.2 Å². The summed E-state index contributed by atoms with van der Waals surface area (Å²) >= 11 is 0. The molecule has 0 aromatic heterocycles. The van der Waals surface area contributed by atoms with Crippen molar-refractivity contribution in [3.63, 3.8) is 0 Å². The zero-order valence-electron chi connectivity index (χ0n) is 8.10. The molecule has 0 aliphatic carbocycles. The Kier molecular flexibility index (Phi) is 3.03. The molecule has 1 aromatic carbocycles. The number of hydrogen-bond acceptors (Lipinski definition) is 1. The molecular weight excluding hydrogens is 191 g/mol. The maximum atomic E-state index is 12.1. The van der Waals surface area contributed by atoms with Gasteiger partial charge in [-0.05, 0) is 24.6 Å². The minimum absolute atomic E-state index is 0.585. The highest BCUT2D eigenvalue weighted by Crippen LogP contribution is 2.21. The molecule has 0 N–H and O–H groups in total. The third-order valence-corrected chi connectivity index (χ3v) is 1.86. The fourth-order valence-electron chi connectivity index (χ4n) is 1.23. The average molecular weight is 203 g/mol. The van der Waals surface area contributed by atoms with Gasteiger partial charge in [0.2, 0.25) is 0 Å². The van der Waals surface area contributed by atoms with Crippen LogP contribution in [0.4, 0.5) is 18.9 Å². The maximum Gasteiger partial charge on any atom is 0.405 e. The highest BCUT2D eigenvalue weighted by atomic mass is 19.4. The van der Waals surface area contributed by atoms with Gasteiger partial charge in [0.25, 0.3) is 0 Å². The van der Waals surface area contributed by atoms with Crippen LogP contribution in [-0.2, 0) is 0 Å². The van der Waals surface area contributed by atoms with Crippen molar-refractivity contribution in [2.75, 3.05) is 18.5 Å². The van der Waals surface area contributed by atoms with E-state index in [9.17, 15) is 13.2 Å². The first-order chi connectivity index (χ1) is 6.38. The summed E-state index contributed by atoms with van der Waals surface area (Å²) in [6, 6.07) is 6.99. The van der Waals surface area contributed by atoms with E-state index in [1.54, 1.807) is 18.2 Å². The molecule has 1 rings (SSSR count). The van der Waals surface area contributed by atoms with Crippen molar-refractivity contribution in [3.8, 4) is 0 Å². The molecule has 0 fully saturated rings. The normalized spacial score (nSPS) is 11.5. The summed E-state index contributed by atoms with van der Waals surface area (Å²) in [5.41, 5.74) is 1.54. The van der Waals surface area contributed by atoms with Gasteiger partial charge in [0, 0.05) is 12.7 Å². The summed E-state index contributed by atoms with van der Waals surface area (Å²) in [7, 11) is 1.43. The summed E-state index contributed by atoms with van der Waals surface area (Å²) in [5, 5.41) is 0. The highest BCUT2D eigenvalue weighted by molar-refractivity contribution is 5.47. The summed E-state index contributed by atoms with van der Waals surface area (Å²) in [6.45, 7) is 0.932. The zero-order valence-corrected chi connectivity index (χ0v) is 8.10. The molecule has 4 heteroatoms. The number of benzene rings is 1. The lowest BCUT2D eigenvalue weighted by Gasteiger charge is -2.21. The Morgan fingerprint density at radius 1 is 1.29 bits per heavy atom. The molecule has 1 aromatic rings. The van der Waals surface area contributed by atoms with E-state index < -0.39 is 12.7 Å². The zero-order chi connectivity index (χ0) is 10.8. The molecule has 14 heavy (non-hydrogen) atoms. The predicted molar refractivity (Wildman–Crippen MR) is 50.5 cm³/mol. The van der Waals surface area contributed by atoms with Gasteiger partial charge in [0.1, 0.15) is 6.54 Å². The van der Waals surface area contributed by atoms with Gasteiger partial charge in [-0.25, -0.2) is 0 Å². The number of alkyl halides is 3. The lowest BCUT2D eigenvalue weighted by Crippen LogP contribution is -2.30. The van der Waals surface area contributed by atoms with Gasteiger partial charge < -0.3 is 4.90 Å². The SMILES string of the molecule is Cc1cccc(N(C)CC(F)(F)F)c1. The Morgan fingerprint density at radius 3 is 2.43 bits per heavy atom. The van der Waals surface area contributed by atoms with Crippen LogP contribution < -0.4 is 4.90 Å². The van der Waals surface area contributed by atoms with Gasteiger partial charge in [-0.2, -0.15) is 13.2 Å². The lowest BCUT2D eigenvalue weighted by molar-refractivity contribution is -0.119. The molecule has 0 aliphatic heterocycles. The molecule has 0 atom stereocenters. The van der Waals surface area contributed by atoms with Crippen molar-refractivity contribution in [1.29, 1.82) is 0 Å². The smallest absolute Gasteiger partial charge is 0.366 e. The van der Waals surface area contributed by atoms with Gasteiger partial charge in [-0.3, -0.25) is 0 Å². The number of nitrogens with zero attached hydrogens (tertiary/aromatic N) is 1. The summed E-state index contributed by atoms with van der Waals surface area (Å²) in [6.07, 6.45) is -4.15. The first kappa shape index (κ1) is 10.9. The number of halogens is 3. The first-order valence-electron chi connectivity index (χ1n) is 4.23. The van der Waals surface area contributed by atoms with E-state index in [4.69, 9.17) is 0 Å². The molecule has 0 amide bonds. The third-order valence-electron chi connectivity index (χ3n) is 1.86. The first-order valence-corrected chi connectivity index (χ1v) is 4.23. The Balaban J connectivity index is 2.74. The van der Waals surface area contributed by atoms with Crippen molar-refractivity contribution in [2.24, 2.45) is 0 Å². The molecule has 0 aliphatic rings. The van der Waals surface area contributed by atoms with Crippen LogP contribution in [-0.4, -0.2) is 19.8 Å². The van der Waals surface area contributed by atoms with Crippen LogP contribution in [0, 0.1) is 6.92 Å². The van der Waals surface area contributed by atoms with E-state index in [0.717, 1.165) is 5.56 Å². The summed E-state index contributed by atoms with van der Waals surface area (Å²) in [4.78, 5) is 1.19. The topological polar surface area (TPSA) is 3.24 Å². The van der Waals surface area contributed by atoms with E-state index in [0.29, 0.717) is 5.69 Å². The second-order valence-corrected chi connectivity index (χ2v) is 3.31. The van der Waals surface area contributed by atoms with Gasteiger partial charge in [0.05, 0.1) is 0 Å². The second kappa shape index (κ2) is 3.90. The predicted octanol–water partition coefficient (Wildman–Crippen LogP) is 2.99. The molecule has 1 nitrogen and oxygen atoms in total. The monoisotopic (exact) mass is 203 g/mol. The number of hydrogen-bond donors (Lipinski definition) is 0. The largest absolute Gasteiger partial charge is 0.405 e. The fourth-order valence-corrected chi connectivity index (χ4v) is 1.23. The van der Waals surface area contributed by atoms with Crippen molar-refractivity contribution in [2.45, 2.75) is 13.1 Å². The van der Waals surface area contributed by atoms with Crippen molar-refractivity contribution in [3.05, 3.63) is 29.8 Å². The number of anilines is 1. The van der Waals surface area contributed by atoms with Gasteiger partial charge in [0.15, 0.2) is 0 Å². The van der Waals surface area contributed by atoms with Crippen LogP contribution in [0.25, 0.3) is 0 Å². The van der Waals surface area contributed by atoms with E-state index in [-0.39, 0.29) is 0 Å². The van der Waals surface area contributed by atoms with E-state index >= 15 is 0 Å². The molecular formula is C10H12F3N. The number of aryl methyl sites for hydroxylation is 1. The molecule has 0 bridgehead atoms. The standard InChI is InChI=1S/C10H12F3N/c1-8-4-3-5-9(6-8)14(2)7-10(11,12)13/h3-6H,7H2,1-2H3. The summed E-state index contributed by atoms with van der Waals surface area (Å²) < 4.78 is 36.2. The van der Waals surface area contributed by atoms with Crippen LogP contribution in [0.5, 0.6) is 0 Å². The quantitative estimate of drug-likeness (QED) is 0.714. The van der Waals surface area contributed by atoms with E-state index in [2.05, 4.69) is 0 Å². The van der Waals surface area contributed by atoms with Crippen molar-refractivity contribution >= 4 is 5.69 Å². The molecule has 0 unspecified atom stereocenters. The van der Waals surface area contributed by atoms with Crippen LogP contribution in [0.3, 0.4) is 0 Å². The average Bonchev–Trinajstić information content (AvgIpc) is 2.01. The van der Waals surface area contributed by atoms with Crippen molar-refractivity contribution in [1.82, 2.24) is 0 Å². The van der Waals surface area contributed by atoms with Gasteiger partial charge in [-0.1, -0.05) is 12.1 Å². The minimum Gasteiger partial charge on any atom is -0.366 e. The minimum atomic E-state index is -4.15. The van der Waals surface area contributed by atoms with Gasteiger partial charge in [-0.15, -0.1) is 0 Å². The highest BCUT2D eigenvalue weighted by Gasteiger charge is 2.29. The second-order valence-electron chi connectivity index (χ2n) is 3.31. The summed E-state index contributed by atoms with van der Waals surface area (Å²) in [5.74, 6) is 0. The van der Waals surface area contributed by atoms with Crippen LogP contribution in [0.2, 0.25) is 0 Å². The van der Waals surface area contributed by atoms with Crippen LogP contribution >= 0.6 is 0 Å². The molecule has 0 spiro atoms. The molecule has 0 saturated heterocycles. The van der Waals surface area contributed by atoms with Crippen LogP contribution in [0.15, 0.2) is 24.3 Å². The fraction of sp³-hybridized carbons (Fsp3) is 0.400. The molecule has 0 radical (unpaired) electrons. The Bertz CT molecular complexity index is 306. The Labute approximate surface area is 81.1 Å². The molecule has 0 heterocycles. The molecule has 0 saturated carbocycles. The maximum absolute atomic E-state index is 12.1. The third kappa shape index (κ3) is 3.28. The lowest BCUT2D eigenvalue weighted by atomic mass is 10.2. The van der Waals surface area contributed by atoms with Gasteiger partial charge >= 0.3 is 6.18 Å². The van der Waals surface area contributed by atoms with E-state index in [1.165, 1.54) is 11.9 Å².